The molecule has 1 saturated heterocycles. The van der Waals surface area contributed by atoms with Crippen molar-refractivity contribution in [2.45, 2.75) is 54.6 Å². The predicted molar refractivity (Wildman–Crippen MR) is 147 cm³/mol. The van der Waals surface area contributed by atoms with Gasteiger partial charge in [0.2, 0.25) is 0 Å². The average Bonchev–Trinajstić information content (AvgIpc) is 3.33. The predicted octanol–water partition coefficient (Wildman–Crippen LogP) is 6.06. The normalized spacial score (nSPS) is 19.8. The van der Waals surface area contributed by atoms with Crippen molar-refractivity contribution in [3.05, 3.63) is 101 Å². The molecule has 4 rings (SSSR count). The van der Waals surface area contributed by atoms with Crippen LogP contribution in [0.4, 0.5) is 31.1 Å². The minimum Gasteiger partial charge on any atom is -0.369 e. The highest BCUT2D eigenvalue weighted by Gasteiger charge is 2.71. The number of amides is 2. The average molecular weight is 629 g/mol. The molecular formula is C30H30F6N2O4S. The smallest absolute Gasteiger partial charge is 0.369 e. The Hall–Kier alpha value is -3.58. The molecule has 1 fully saturated rings. The van der Waals surface area contributed by atoms with Crippen LogP contribution < -0.4 is 5.32 Å². The fourth-order valence-corrected chi connectivity index (χ4v) is 6.33. The zero-order valence-electron chi connectivity index (χ0n) is 23.2. The van der Waals surface area contributed by atoms with Gasteiger partial charge in [0.15, 0.2) is 9.84 Å². The van der Waals surface area contributed by atoms with Gasteiger partial charge in [0, 0.05) is 36.5 Å². The molecule has 0 bridgehead atoms. The minimum absolute atomic E-state index is 0.0480. The van der Waals surface area contributed by atoms with Crippen molar-refractivity contribution in [1.29, 1.82) is 0 Å². The van der Waals surface area contributed by atoms with E-state index in [1.165, 1.54) is 24.0 Å². The van der Waals surface area contributed by atoms with Crippen LogP contribution in [0.3, 0.4) is 0 Å². The van der Waals surface area contributed by atoms with E-state index in [1.54, 1.807) is 30.3 Å². The summed E-state index contributed by atoms with van der Waals surface area (Å²) < 4.78 is 105. The molecule has 3 aromatic carbocycles. The number of sulfone groups is 1. The van der Waals surface area contributed by atoms with E-state index in [-0.39, 0.29) is 30.3 Å². The van der Waals surface area contributed by atoms with E-state index < -0.39 is 50.7 Å². The standard InChI is InChI=1S/C30H30F6N2O4S/c1-3-43(41,42)24-15-9-20(10-16-24)17-37-26(39)38-18-25(27(2,19-38)22-7-5-4-6-8-22)21-11-13-23(14-12-21)28(40,29(31,32)33)30(34,35)36/h4-16,25,40H,3,17-19H2,1-2H3,(H,37,39)/t25-,27+/m0/s1. The zero-order chi connectivity index (χ0) is 31.8. The summed E-state index contributed by atoms with van der Waals surface area (Å²) >= 11 is 0. The summed E-state index contributed by atoms with van der Waals surface area (Å²) in [6.45, 7) is 3.79. The molecule has 43 heavy (non-hydrogen) atoms. The number of aliphatic hydroxyl groups is 1. The molecule has 0 radical (unpaired) electrons. The van der Waals surface area contributed by atoms with E-state index in [4.69, 9.17) is 0 Å². The first-order valence-corrected chi connectivity index (χ1v) is 15.0. The molecular weight excluding hydrogens is 598 g/mol. The Morgan fingerprint density at radius 3 is 2.00 bits per heavy atom. The lowest BCUT2D eigenvalue weighted by Gasteiger charge is -2.34. The Bertz CT molecular complexity index is 1530. The second-order valence-electron chi connectivity index (χ2n) is 10.8. The lowest BCUT2D eigenvalue weighted by Crippen LogP contribution is -2.53. The van der Waals surface area contributed by atoms with Gasteiger partial charge in [0.1, 0.15) is 0 Å². The number of benzene rings is 3. The van der Waals surface area contributed by atoms with E-state index >= 15 is 0 Å². The van der Waals surface area contributed by atoms with E-state index in [1.807, 2.05) is 19.1 Å². The maximum atomic E-state index is 13.4. The van der Waals surface area contributed by atoms with Gasteiger partial charge < -0.3 is 15.3 Å². The van der Waals surface area contributed by atoms with Crippen molar-refractivity contribution in [3.63, 3.8) is 0 Å². The Kier molecular flexibility index (Phi) is 8.64. The van der Waals surface area contributed by atoms with Gasteiger partial charge in [-0.25, -0.2) is 13.2 Å². The van der Waals surface area contributed by atoms with Crippen LogP contribution >= 0.6 is 0 Å². The molecule has 0 unspecified atom stereocenters. The molecule has 0 aromatic heterocycles. The summed E-state index contributed by atoms with van der Waals surface area (Å²) in [5.41, 5.74) is -5.30. The number of rotatable bonds is 7. The summed E-state index contributed by atoms with van der Waals surface area (Å²) in [5.74, 6) is -0.564. The largest absolute Gasteiger partial charge is 0.430 e. The van der Waals surface area contributed by atoms with Crippen molar-refractivity contribution >= 4 is 15.9 Å². The Labute approximate surface area is 245 Å². The molecule has 0 aliphatic carbocycles. The summed E-state index contributed by atoms with van der Waals surface area (Å²) in [7, 11) is -3.38. The van der Waals surface area contributed by atoms with Gasteiger partial charge >= 0.3 is 18.4 Å². The van der Waals surface area contributed by atoms with Crippen LogP contribution in [0.2, 0.25) is 0 Å². The number of hydrogen-bond donors (Lipinski definition) is 2. The second kappa shape index (κ2) is 11.5. The van der Waals surface area contributed by atoms with Crippen LogP contribution in [0.15, 0.2) is 83.8 Å². The van der Waals surface area contributed by atoms with Crippen molar-refractivity contribution in [3.8, 4) is 0 Å². The number of alkyl halides is 6. The van der Waals surface area contributed by atoms with Crippen LogP contribution in [-0.4, -0.2) is 55.7 Å². The van der Waals surface area contributed by atoms with Crippen molar-refractivity contribution < 1.29 is 44.7 Å². The number of nitrogens with one attached hydrogen (secondary N) is 1. The molecule has 2 amide bonds. The van der Waals surface area contributed by atoms with Gasteiger partial charge in [-0.1, -0.05) is 80.6 Å². The Morgan fingerprint density at radius 1 is 0.930 bits per heavy atom. The summed E-state index contributed by atoms with van der Waals surface area (Å²) in [4.78, 5) is 14.9. The van der Waals surface area contributed by atoms with Crippen LogP contribution in [0, 0.1) is 0 Å². The number of carbonyl (C=O) groups is 1. The number of nitrogens with zero attached hydrogens (tertiary/aromatic N) is 1. The van der Waals surface area contributed by atoms with E-state index in [0.29, 0.717) is 23.3 Å². The Balaban J connectivity index is 1.59. The van der Waals surface area contributed by atoms with Crippen molar-refractivity contribution in [2.75, 3.05) is 18.8 Å². The monoisotopic (exact) mass is 628 g/mol. The third-order valence-corrected chi connectivity index (χ3v) is 9.82. The van der Waals surface area contributed by atoms with Crippen LogP contribution in [-0.2, 0) is 27.4 Å². The molecule has 232 valence electrons. The fourth-order valence-electron chi connectivity index (χ4n) is 5.45. The maximum Gasteiger partial charge on any atom is 0.430 e. The van der Waals surface area contributed by atoms with Gasteiger partial charge in [0.25, 0.3) is 5.60 Å². The molecule has 2 atom stereocenters. The Morgan fingerprint density at radius 2 is 1.49 bits per heavy atom. The van der Waals surface area contributed by atoms with Gasteiger partial charge in [0.05, 0.1) is 10.6 Å². The molecule has 0 spiro atoms. The number of carbonyl (C=O) groups excluding carboxylic acids is 1. The van der Waals surface area contributed by atoms with E-state index in [2.05, 4.69) is 5.32 Å². The second-order valence-corrected chi connectivity index (χ2v) is 13.0. The number of halogens is 6. The van der Waals surface area contributed by atoms with Crippen molar-refractivity contribution in [1.82, 2.24) is 10.2 Å². The van der Waals surface area contributed by atoms with Gasteiger partial charge in [-0.3, -0.25) is 0 Å². The van der Waals surface area contributed by atoms with Crippen LogP contribution in [0.25, 0.3) is 0 Å². The number of hydrogen-bond acceptors (Lipinski definition) is 4. The first-order valence-electron chi connectivity index (χ1n) is 13.3. The summed E-state index contributed by atoms with van der Waals surface area (Å²) in [5, 5.41) is 12.6. The van der Waals surface area contributed by atoms with Crippen molar-refractivity contribution in [2.24, 2.45) is 0 Å². The topological polar surface area (TPSA) is 86.7 Å². The first-order chi connectivity index (χ1) is 19.9. The first kappa shape index (κ1) is 32.3. The van der Waals surface area contributed by atoms with Crippen LogP contribution in [0.1, 0.15) is 42.0 Å². The third-order valence-electron chi connectivity index (χ3n) is 8.07. The molecule has 2 N–H and O–H groups in total. The number of urea groups is 1. The lowest BCUT2D eigenvalue weighted by atomic mass is 9.71. The highest BCUT2D eigenvalue weighted by molar-refractivity contribution is 7.91. The highest BCUT2D eigenvalue weighted by atomic mass is 32.2. The SMILES string of the molecule is CCS(=O)(=O)c1ccc(CNC(=O)N2C[C@@H](c3ccc(C(O)(C(F)(F)F)C(F)(F)F)cc3)[C@@](C)(c3ccccc3)C2)cc1. The maximum absolute atomic E-state index is 13.4. The molecule has 3 aromatic rings. The molecule has 1 heterocycles. The number of likely N-dealkylation sites (tertiary alicyclic amines) is 1. The van der Waals surface area contributed by atoms with E-state index in [9.17, 15) is 44.7 Å². The lowest BCUT2D eigenvalue weighted by molar-refractivity contribution is -0.376. The molecule has 1 aliphatic rings. The summed E-state index contributed by atoms with van der Waals surface area (Å²) in [6, 6.07) is 18.2. The third kappa shape index (κ3) is 6.10. The molecule has 0 saturated carbocycles. The van der Waals surface area contributed by atoms with Crippen LogP contribution in [0.5, 0.6) is 0 Å². The van der Waals surface area contributed by atoms with Gasteiger partial charge in [-0.2, -0.15) is 26.3 Å². The quantitative estimate of drug-likeness (QED) is 0.312. The fraction of sp³-hybridized carbons (Fsp3) is 0.367. The molecule has 13 heteroatoms. The molecule has 1 aliphatic heterocycles. The molecule has 6 nitrogen and oxygen atoms in total. The minimum atomic E-state index is -6.00. The van der Waals surface area contributed by atoms with Gasteiger partial charge in [-0.15, -0.1) is 0 Å². The zero-order valence-corrected chi connectivity index (χ0v) is 24.0. The summed E-state index contributed by atoms with van der Waals surface area (Å²) in [6.07, 6.45) is -12.0. The van der Waals surface area contributed by atoms with E-state index in [0.717, 1.165) is 17.7 Å². The van der Waals surface area contributed by atoms with Gasteiger partial charge in [-0.05, 0) is 28.8 Å². The highest BCUT2D eigenvalue weighted by Crippen LogP contribution is 2.51.